The summed E-state index contributed by atoms with van der Waals surface area (Å²) in [4.78, 5) is 26.6. The number of Topliss-reactive ketones (excluding diaryl/α,β-unsaturated/α-hetero) is 1. The minimum absolute atomic E-state index is 0.0575. The molecule has 3 N–H and O–H groups in total. The van der Waals surface area contributed by atoms with Gasteiger partial charge < -0.3 is 20.5 Å². The van der Waals surface area contributed by atoms with E-state index in [1.807, 2.05) is 43.3 Å². The number of hydrogen-bond acceptors (Lipinski definition) is 6. The Bertz CT molecular complexity index is 1370. The van der Waals surface area contributed by atoms with Crippen LogP contribution in [0.2, 0.25) is 0 Å². The third-order valence-corrected chi connectivity index (χ3v) is 6.73. The fourth-order valence-corrected chi connectivity index (χ4v) is 5.07. The molecular formula is C30H30N2O4. The zero-order valence-corrected chi connectivity index (χ0v) is 20.7. The number of benzene rings is 3. The average molecular weight is 483 g/mol. The van der Waals surface area contributed by atoms with Crippen molar-refractivity contribution in [3.8, 4) is 11.5 Å². The number of phenols is 1. The molecule has 36 heavy (non-hydrogen) atoms. The van der Waals surface area contributed by atoms with E-state index in [4.69, 9.17) is 4.74 Å². The first-order valence-corrected chi connectivity index (χ1v) is 12.2. The van der Waals surface area contributed by atoms with Crippen LogP contribution in [0.3, 0.4) is 0 Å². The van der Waals surface area contributed by atoms with Crippen LogP contribution in [-0.4, -0.2) is 23.3 Å². The van der Waals surface area contributed by atoms with E-state index in [1.165, 1.54) is 0 Å². The standard InChI is InChI=1S/C30H30N2O4/c1-4-36-26-15-19(11-13-24(26)33)28-27-23(16-30(2,3)17-25(27)34)31-22-14-20(10-12-21(22)32-28)29(35)18-8-6-5-7-9-18/h5-15,28,31-33H,4,16-17H2,1-3H3/t28-/m1/s1. The molecular weight excluding hydrogens is 452 g/mol. The Hall–Kier alpha value is -4.06. The van der Waals surface area contributed by atoms with Gasteiger partial charge in [0.25, 0.3) is 0 Å². The molecule has 3 aromatic rings. The minimum atomic E-state index is -0.437. The van der Waals surface area contributed by atoms with Gasteiger partial charge in [0.2, 0.25) is 0 Å². The number of ketones is 2. The second-order valence-corrected chi connectivity index (χ2v) is 10.2. The topological polar surface area (TPSA) is 87.7 Å². The number of carbonyl (C=O) groups is 2. The van der Waals surface area contributed by atoms with Crippen molar-refractivity contribution in [3.63, 3.8) is 0 Å². The molecule has 0 unspecified atom stereocenters. The monoisotopic (exact) mass is 482 g/mol. The number of allylic oxidation sites excluding steroid dienone is 1. The highest BCUT2D eigenvalue weighted by molar-refractivity contribution is 6.10. The number of phenolic OH excluding ortho intramolecular Hbond substituents is 1. The van der Waals surface area contributed by atoms with Crippen molar-refractivity contribution in [2.75, 3.05) is 17.2 Å². The van der Waals surface area contributed by atoms with Gasteiger partial charge in [-0.15, -0.1) is 0 Å². The molecule has 0 saturated carbocycles. The Kier molecular flexibility index (Phi) is 6.04. The molecule has 0 fully saturated rings. The number of fused-ring (bicyclic) bond motifs is 1. The van der Waals surface area contributed by atoms with Crippen molar-refractivity contribution in [2.45, 2.75) is 39.7 Å². The highest BCUT2D eigenvalue weighted by Crippen LogP contribution is 2.46. The summed E-state index contributed by atoms with van der Waals surface area (Å²) >= 11 is 0. The molecule has 184 valence electrons. The van der Waals surface area contributed by atoms with Crippen LogP contribution in [0.5, 0.6) is 11.5 Å². The first-order chi connectivity index (χ1) is 17.3. The second kappa shape index (κ2) is 9.19. The number of hydrogen-bond donors (Lipinski definition) is 3. The fraction of sp³-hybridized carbons (Fsp3) is 0.267. The van der Waals surface area contributed by atoms with Crippen LogP contribution in [0.1, 0.15) is 61.1 Å². The molecule has 1 atom stereocenters. The van der Waals surface area contributed by atoms with Gasteiger partial charge in [-0.2, -0.15) is 0 Å². The summed E-state index contributed by atoms with van der Waals surface area (Å²) in [5.41, 5.74) is 4.88. The van der Waals surface area contributed by atoms with Crippen molar-refractivity contribution < 1.29 is 19.4 Å². The summed E-state index contributed by atoms with van der Waals surface area (Å²) in [6.07, 6.45) is 1.13. The molecule has 0 spiro atoms. The molecule has 3 aromatic carbocycles. The molecule has 0 radical (unpaired) electrons. The average Bonchev–Trinajstić information content (AvgIpc) is 3.01. The van der Waals surface area contributed by atoms with Crippen LogP contribution in [0.4, 0.5) is 11.4 Å². The van der Waals surface area contributed by atoms with Crippen LogP contribution in [0, 0.1) is 5.41 Å². The van der Waals surface area contributed by atoms with Crippen LogP contribution < -0.4 is 15.4 Å². The molecule has 6 nitrogen and oxygen atoms in total. The molecule has 1 aliphatic heterocycles. The van der Waals surface area contributed by atoms with Gasteiger partial charge in [-0.25, -0.2) is 0 Å². The molecule has 1 heterocycles. The lowest BCUT2D eigenvalue weighted by molar-refractivity contribution is -0.118. The molecule has 5 rings (SSSR count). The summed E-state index contributed by atoms with van der Waals surface area (Å²) < 4.78 is 5.62. The number of ether oxygens (including phenoxy) is 1. The van der Waals surface area contributed by atoms with Gasteiger partial charge >= 0.3 is 0 Å². The van der Waals surface area contributed by atoms with Gasteiger partial charge in [0, 0.05) is 28.8 Å². The third kappa shape index (κ3) is 4.47. The Morgan fingerprint density at radius 2 is 1.78 bits per heavy atom. The second-order valence-electron chi connectivity index (χ2n) is 10.2. The van der Waals surface area contributed by atoms with Crippen molar-refractivity contribution in [3.05, 3.63) is 94.7 Å². The van der Waals surface area contributed by atoms with Crippen molar-refractivity contribution in [1.82, 2.24) is 0 Å². The number of nitrogens with one attached hydrogen (secondary N) is 2. The first-order valence-electron chi connectivity index (χ1n) is 12.2. The maximum atomic E-state index is 13.5. The molecule has 1 aliphatic carbocycles. The molecule has 6 heteroatoms. The zero-order chi connectivity index (χ0) is 25.4. The van der Waals surface area contributed by atoms with E-state index in [1.54, 1.807) is 30.3 Å². The maximum absolute atomic E-state index is 13.5. The lowest BCUT2D eigenvalue weighted by atomic mass is 9.73. The van der Waals surface area contributed by atoms with Crippen molar-refractivity contribution in [2.24, 2.45) is 5.41 Å². The summed E-state index contributed by atoms with van der Waals surface area (Å²) in [6, 6.07) is 19.5. The lowest BCUT2D eigenvalue weighted by Gasteiger charge is -2.34. The van der Waals surface area contributed by atoms with E-state index < -0.39 is 6.04 Å². The fourth-order valence-electron chi connectivity index (χ4n) is 5.07. The summed E-state index contributed by atoms with van der Waals surface area (Å²) in [6.45, 7) is 6.46. The smallest absolute Gasteiger partial charge is 0.193 e. The van der Waals surface area contributed by atoms with Crippen molar-refractivity contribution in [1.29, 1.82) is 0 Å². The van der Waals surface area contributed by atoms with Gasteiger partial charge in [0.15, 0.2) is 23.1 Å². The first kappa shape index (κ1) is 23.7. The van der Waals surface area contributed by atoms with Gasteiger partial charge in [-0.1, -0.05) is 50.2 Å². The number of rotatable bonds is 5. The van der Waals surface area contributed by atoms with E-state index in [-0.39, 0.29) is 22.7 Å². The van der Waals surface area contributed by atoms with Crippen LogP contribution in [-0.2, 0) is 4.79 Å². The van der Waals surface area contributed by atoms with Gasteiger partial charge in [-0.05, 0) is 54.7 Å². The largest absolute Gasteiger partial charge is 0.504 e. The Morgan fingerprint density at radius 1 is 1.00 bits per heavy atom. The van der Waals surface area contributed by atoms with E-state index in [9.17, 15) is 14.7 Å². The SMILES string of the molecule is CCOc1cc([C@H]2Nc3ccc(C(=O)c4ccccc4)cc3NC3=C2C(=O)CC(C)(C)C3)ccc1O. The molecule has 0 aromatic heterocycles. The minimum Gasteiger partial charge on any atom is -0.504 e. The van der Waals surface area contributed by atoms with Crippen LogP contribution in [0.15, 0.2) is 78.0 Å². The van der Waals surface area contributed by atoms with E-state index in [0.717, 1.165) is 22.6 Å². The normalized spacial score (nSPS) is 18.3. The van der Waals surface area contributed by atoms with Crippen LogP contribution >= 0.6 is 0 Å². The molecule has 0 amide bonds. The van der Waals surface area contributed by atoms with E-state index in [0.29, 0.717) is 41.9 Å². The van der Waals surface area contributed by atoms with Crippen molar-refractivity contribution >= 4 is 22.9 Å². The van der Waals surface area contributed by atoms with E-state index in [2.05, 4.69) is 24.5 Å². The quantitative estimate of drug-likeness (QED) is 0.373. The van der Waals surface area contributed by atoms with Gasteiger partial charge in [0.05, 0.1) is 24.0 Å². The number of anilines is 2. The molecule has 2 aliphatic rings. The summed E-state index contributed by atoms with van der Waals surface area (Å²) in [5, 5.41) is 17.3. The number of carbonyl (C=O) groups excluding carboxylic acids is 2. The summed E-state index contributed by atoms with van der Waals surface area (Å²) in [5.74, 6) is 0.451. The van der Waals surface area contributed by atoms with E-state index >= 15 is 0 Å². The number of aromatic hydroxyl groups is 1. The predicted molar refractivity (Wildman–Crippen MR) is 141 cm³/mol. The predicted octanol–water partition coefficient (Wildman–Crippen LogP) is 6.24. The van der Waals surface area contributed by atoms with Gasteiger partial charge in [-0.3, -0.25) is 9.59 Å². The lowest BCUT2D eigenvalue weighted by Crippen LogP contribution is -2.31. The Morgan fingerprint density at radius 3 is 2.53 bits per heavy atom. The molecule has 0 bridgehead atoms. The molecule has 0 saturated heterocycles. The Labute approximate surface area is 211 Å². The third-order valence-electron chi connectivity index (χ3n) is 6.73. The highest BCUT2D eigenvalue weighted by Gasteiger charge is 2.39. The highest BCUT2D eigenvalue weighted by atomic mass is 16.5. The van der Waals surface area contributed by atoms with Crippen LogP contribution in [0.25, 0.3) is 0 Å². The Balaban J connectivity index is 1.61. The zero-order valence-electron chi connectivity index (χ0n) is 20.7. The maximum Gasteiger partial charge on any atom is 0.193 e. The summed E-state index contributed by atoms with van der Waals surface area (Å²) in [7, 11) is 0. The van der Waals surface area contributed by atoms with Gasteiger partial charge in [0.1, 0.15) is 0 Å².